The first-order valence-corrected chi connectivity index (χ1v) is 8.69. The molecule has 0 amide bonds. The highest BCUT2D eigenvalue weighted by Crippen LogP contribution is 2.15. The van der Waals surface area contributed by atoms with Crippen molar-refractivity contribution >= 4 is 31.9 Å². The van der Waals surface area contributed by atoms with Gasteiger partial charge in [0.05, 0.1) is 16.9 Å². The summed E-state index contributed by atoms with van der Waals surface area (Å²) in [6.07, 6.45) is 0.0128. The van der Waals surface area contributed by atoms with E-state index in [0.717, 1.165) is 4.47 Å². The van der Waals surface area contributed by atoms with E-state index in [-0.39, 0.29) is 11.3 Å². The summed E-state index contributed by atoms with van der Waals surface area (Å²) in [5.41, 5.74) is 0.704. The van der Waals surface area contributed by atoms with E-state index in [1.165, 1.54) is 12.1 Å². The number of rotatable bonds is 6. The van der Waals surface area contributed by atoms with Crippen LogP contribution < -0.4 is 9.83 Å². The Bertz CT molecular complexity index is 745. The molecular formula is C15H13BrNO4S-. The molecule has 0 unspecified atom stereocenters. The number of carbonyl (C=O) groups is 1. The third-order valence-electron chi connectivity index (χ3n) is 2.99. The molecular weight excluding hydrogens is 370 g/mol. The summed E-state index contributed by atoms with van der Waals surface area (Å²) in [7, 11) is -3.93. The molecule has 2 rings (SSSR count). The van der Waals surface area contributed by atoms with Gasteiger partial charge in [0, 0.05) is 4.47 Å². The lowest BCUT2D eigenvalue weighted by Gasteiger charge is -2.20. The molecule has 0 spiro atoms. The minimum Gasteiger partial charge on any atom is -0.548 e. The summed E-state index contributed by atoms with van der Waals surface area (Å²) < 4.78 is 27.4. The number of hydrogen-bond donors (Lipinski definition) is 1. The second-order valence-electron chi connectivity index (χ2n) is 4.64. The fourth-order valence-electron chi connectivity index (χ4n) is 1.89. The first-order valence-electron chi connectivity index (χ1n) is 6.41. The normalized spacial score (nSPS) is 12.8. The van der Waals surface area contributed by atoms with Crippen LogP contribution in [0.3, 0.4) is 0 Å². The fraction of sp³-hybridized carbons (Fsp3) is 0.133. The maximum absolute atomic E-state index is 12.2. The van der Waals surface area contributed by atoms with Gasteiger partial charge in [0.1, 0.15) is 0 Å². The van der Waals surface area contributed by atoms with Crippen molar-refractivity contribution < 1.29 is 18.3 Å². The van der Waals surface area contributed by atoms with Crippen molar-refractivity contribution in [3.63, 3.8) is 0 Å². The number of hydrogen-bond acceptors (Lipinski definition) is 4. The van der Waals surface area contributed by atoms with Crippen molar-refractivity contribution in [2.45, 2.75) is 17.4 Å². The van der Waals surface area contributed by atoms with Crippen molar-refractivity contribution in [2.75, 3.05) is 0 Å². The standard InChI is InChI=1S/C15H14BrNO4S/c16-12-6-8-13(9-7-12)22(20,21)17-14(15(18)19)10-11-4-2-1-3-5-11/h1-9,14,17H,10H2,(H,18,19)/p-1/t14-/m0/s1. The molecule has 22 heavy (non-hydrogen) atoms. The van der Waals surface area contributed by atoms with Gasteiger partial charge < -0.3 is 9.90 Å². The van der Waals surface area contributed by atoms with Gasteiger partial charge in [-0.15, -0.1) is 0 Å². The van der Waals surface area contributed by atoms with Crippen molar-refractivity contribution in [2.24, 2.45) is 0 Å². The largest absolute Gasteiger partial charge is 0.548 e. The third kappa shape index (κ3) is 4.40. The number of carboxylic acid groups (broad SMARTS) is 1. The molecule has 0 aliphatic carbocycles. The highest BCUT2D eigenvalue weighted by molar-refractivity contribution is 9.10. The molecule has 7 heteroatoms. The van der Waals surface area contributed by atoms with Crippen LogP contribution in [0.15, 0.2) is 64.0 Å². The molecule has 0 saturated heterocycles. The van der Waals surface area contributed by atoms with Gasteiger partial charge in [0.15, 0.2) is 0 Å². The number of carboxylic acids is 1. The molecule has 0 saturated carbocycles. The van der Waals surface area contributed by atoms with E-state index in [1.807, 2.05) is 0 Å². The van der Waals surface area contributed by atoms with E-state index in [2.05, 4.69) is 20.7 Å². The Morgan fingerprint density at radius 1 is 1.09 bits per heavy atom. The monoisotopic (exact) mass is 382 g/mol. The minimum absolute atomic E-state index is 0.00462. The average Bonchev–Trinajstić information content (AvgIpc) is 2.48. The first kappa shape index (κ1) is 16.7. The molecule has 1 atom stereocenters. The van der Waals surface area contributed by atoms with Gasteiger partial charge >= 0.3 is 0 Å². The number of benzene rings is 2. The van der Waals surface area contributed by atoms with Gasteiger partial charge in [0.25, 0.3) is 0 Å². The van der Waals surface area contributed by atoms with E-state index >= 15 is 0 Å². The maximum Gasteiger partial charge on any atom is 0.241 e. The summed E-state index contributed by atoms with van der Waals surface area (Å²) in [5, 5.41) is 11.2. The molecule has 1 N–H and O–H groups in total. The fourth-order valence-corrected chi connectivity index (χ4v) is 3.34. The van der Waals surface area contributed by atoms with E-state index in [0.29, 0.717) is 5.56 Å². The predicted octanol–water partition coefficient (Wildman–Crippen LogP) is 1.09. The van der Waals surface area contributed by atoms with Crippen LogP contribution in [0.5, 0.6) is 0 Å². The van der Waals surface area contributed by atoms with Gasteiger partial charge in [-0.1, -0.05) is 46.3 Å². The number of aliphatic carboxylic acids is 1. The molecule has 2 aromatic rings. The lowest BCUT2D eigenvalue weighted by Crippen LogP contribution is -2.49. The van der Waals surface area contributed by atoms with E-state index in [9.17, 15) is 18.3 Å². The van der Waals surface area contributed by atoms with Crippen LogP contribution in [-0.2, 0) is 21.2 Å². The third-order valence-corrected chi connectivity index (χ3v) is 5.00. The summed E-state index contributed by atoms with van der Waals surface area (Å²) in [6.45, 7) is 0. The Labute approximate surface area is 137 Å². The number of sulfonamides is 1. The van der Waals surface area contributed by atoms with Crippen molar-refractivity contribution in [3.8, 4) is 0 Å². The Morgan fingerprint density at radius 2 is 1.68 bits per heavy atom. The van der Waals surface area contributed by atoms with Crippen LogP contribution in [0.1, 0.15) is 5.56 Å². The summed E-state index contributed by atoms with van der Waals surface area (Å²) in [4.78, 5) is 11.2. The van der Waals surface area contributed by atoms with Crippen molar-refractivity contribution in [1.82, 2.24) is 4.72 Å². The maximum atomic E-state index is 12.2. The Morgan fingerprint density at radius 3 is 2.23 bits per heavy atom. The highest BCUT2D eigenvalue weighted by atomic mass is 79.9. The lowest BCUT2D eigenvalue weighted by atomic mass is 10.1. The van der Waals surface area contributed by atoms with Crippen molar-refractivity contribution in [1.29, 1.82) is 0 Å². The summed E-state index contributed by atoms with van der Waals surface area (Å²) >= 11 is 3.21. The first-order chi connectivity index (χ1) is 10.4. The Kier molecular flexibility index (Phi) is 5.33. The van der Waals surface area contributed by atoms with Crippen LogP contribution in [0.25, 0.3) is 0 Å². The van der Waals surface area contributed by atoms with E-state index in [1.54, 1.807) is 42.5 Å². The molecule has 0 bridgehead atoms. The molecule has 0 fully saturated rings. The van der Waals surface area contributed by atoms with E-state index in [4.69, 9.17) is 0 Å². The summed E-state index contributed by atoms with van der Waals surface area (Å²) in [5.74, 6) is -1.47. The summed E-state index contributed by atoms with van der Waals surface area (Å²) in [6, 6.07) is 13.3. The second-order valence-corrected chi connectivity index (χ2v) is 7.27. The zero-order chi connectivity index (χ0) is 16.2. The average molecular weight is 383 g/mol. The molecule has 5 nitrogen and oxygen atoms in total. The second kappa shape index (κ2) is 7.04. The van der Waals surface area contributed by atoms with Gasteiger partial charge in [-0.2, -0.15) is 0 Å². The molecule has 0 aliphatic heterocycles. The molecule has 0 aromatic heterocycles. The molecule has 2 aromatic carbocycles. The quantitative estimate of drug-likeness (QED) is 0.809. The minimum atomic E-state index is -3.93. The number of carbonyl (C=O) groups excluding carboxylic acids is 1. The topological polar surface area (TPSA) is 86.3 Å². The van der Waals surface area contributed by atoms with Crippen LogP contribution in [0, 0.1) is 0 Å². The van der Waals surface area contributed by atoms with Crippen LogP contribution in [-0.4, -0.2) is 20.4 Å². The lowest BCUT2D eigenvalue weighted by molar-refractivity contribution is -0.307. The van der Waals surface area contributed by atoms with E-state index < -0.39 is 22.0 Å². The number of nitrogens with one attached hydrogen (secondary N) is 1. The molecule has 0 aliphatic rings. The molecule has 0 heterocycles. The molecule has 0 radical (unpaired) electrons. The predicted molar refractivity (Wildman–Crippen MR) is 83.4 cm³/mol. The zero-order valence-electron chi connectivity index (χ0n) is 11.4. The van der Waals surface area contributed by atoms with Gasteiger partial charge in [0.2, 0.25) is 10.0 Å². The van der Waals surface area contributed by atoms with Crippen molar-refractivity contribution in [3.05, 3.63) is 64.6 Å². The Hall–Kier alpha value is -1.70. The SMILES string of the molecule is O=C([O-])[C@H](Cc1ccccc1)NS(=O)(=O)c1ccc(Br)cc1. The van der Waals surface area contributed by atoms with Crippen LogP contribution in [0.2, 0.25) is 0 Å². The zero-order valence-corrected chi connectivity index (χ0v) is 13.8. The highest BCUT2D eigenvalue weighted by Gasteiger charge is 2.21. The van der Waals surface area contributed by atoms with Crippen LogP contribution >= 0.6 is 15.9 Å². The molecule has 116 valence electrons. The van der Waals surface area contributed by atoms with Crippen LogP contribution in [0.4, 0.5) is 0 Å². The van der Waals surface area contributed by atoms with Gasteiger partial charge in [-0.3, -0.25) is 0 Å². The smallest absolute Gasteiger partial charge is 0.241 e. The Balaban J connectivity index is 2.20. The van der Waals surface area contributed by atoms with Gasteiger partial charge in [-0.05, 0) is 36.2 Å². The van der Waals surface area contributed by atoms with Gasteiger partial charge in [-0.25, -0.2) is 13.1 Å². The number of halogens is 1.